The van der Waals surface area contributed by atoms with Crippen LogP contribution in [0.2, 0.25) is 0 Å². The van der Waals surface area contributed by atoms with Crippen LogP contribution in [0.4, 0.5) is 14.9 Å². The highest BCUT2D eigenvalue weighted by Gasteiger charge is 2.36. The summed E-state index contributed by atoms with van der Waals surface area (Å²) in [5, 5.41) is 7.81. The maximum Gasteiger partial charge on any atom is 0.323 e. The third-order valence-electron chi connectivity index (χ3n) is 7.04. The molecular formula is C31H28FN5O. The Morgan fingerprint density at radius 3 is 2.55 bits per heavy atom. The largest absolute Gasteiger partial charge is 0.323 e. The molecule has 0 bridgehead atoms. The molecule has 1 atom stereocenters. The minimum absolute atomic E-state index is 0.149. The summed E-state index contributed by atoms with van der Waals surface area (Å²) >= 11 is 0. The van der Waals surface area contributed by atoms with Gasteiger partial charge >= 0.3 is 6.03 Å². The molecule has 190 valence electrons. The zero-order chi connectivity index (χ0) is 26.2. The van der Waals surface area contributed by atoms with E-state index in [2.05, 4.69) is 22.9 Å². The SMILES string of the molecule is CCc1nn(-c2ccccc2)c2c1CN(C(=O)Nc1ccccc1F)[C@@H](c1cccc(C)c1)c1cccn1-2. The number of amides is 2. The predicted octanol–water partition coefficient (Wildman–Crippen LogP) is 6.81. The Hall–Kier alpha value is -4.65. The number of benzene rings is 3. The molecule has 38 heavy (non-hydrogen) atoms. The van der Waals surface area contributed by atoms with Crippen LogP contribution in [0.25, 0.3) is 11.5 Å². The van der Waals surface area contributed by atoms with Crippen molar-refractivity contribution >= 4 is 11.7 Å². The van der Waals surface area contributed by atoms with Crippen LogP contribution in [0.3, 0.4) is 0 Å². The van der Waals surface area contributed by atoms with Crippen LogP contribution >= 0.6 is 0 Å². The Bertz CT molecular complexity index is 1620. The van der Waals surface area contributed by atoms with Crippen molar-refractivity contribution in [3.8, 4) is 11.5 Å². The second-order valence-corrected chi connectivity index (χ2v) is 9.51. The van der Waals surface area contributed by atoms with Crippen molar-refractivity contribution in [3.05, 3.63) is 131 Å². The van der Waals surface area contributed by atoms with Gasteiger partial charge in [-0.1, -0.05) is 67.1 Å². The standard InChI is InChI=1S/C31H28FN5O/c1-3-26-24-20-36(31(38)33-27-16-8-7-15-25(27)32)29(22-12-9-11-21(2)19-22)28-17-10-18-35(28)30(24)37(34-26)23-13-5-4-6-14-23/h4-19,29H,3,20H2,1-2H3,(H,33,38)/t29-/m0/s1. The second-order valence-electron chi connectivity index (χ2n) is 9.51. The van der Waals surface area contributed by atoms with E-state index in [1.54, 1.807) is 23.1 Å². The van der Waals surface area contributed by atoms with Gasteiger partial charge in [0, 0.05) is 11.8 Å². The molecule has 5 aromatic rings. The Balaban J connectivity index is 1.57. The number of halogens is 1. The molecule has 6 rings (SSSR count). The fourth-order valence-electron chi connectivity index (χ4n) is 5.29. The molecule has 1 aliphatic heterocycles. The molecule has 2 aromatic heterocycles. The molecular weight excluding hydrogens is 477 g/mol. The van der Waals surface area contributed by atoms with Crippen molar-refractivity contribution in [2.45, 2.75) is 32.9 Å². The molecule has 0 saturated carbocycles. The summed E-state index contributed by atoms with van der Waals surface area (Å²) in [6.45, 7) is 4.42. The number of fused-ring (bicyclic) bond motifs is 3. The van der Waals surface area contributed by atoms with E-state index < -0.39 is 11.9 Å². The molecule has 3 heterocycles. The van der Waals surface area contributed by atoms with Crippen molar-refractivity contribution < 1.29 is 9.18 Å². The molecule has 0 spiro atoms. The maximum atomic E-state index is 14.6. The Morgan fingerprint density at radius 2 is 1.79 bits per heavy atom. The zero-order valence-electron chi connectivity index (χ0n) is 21.3. The van der Waals surface area contributed by atoms with E-state index >= 15 is 0 Å². The molecule has 0 fully saturated rings. The normalized spacial score (nSPS) is 14.5. The quantitative estimate of drug-likeness (QED) is 0.292. The van der Waals surface area contributed by atoms with Gasteiger partial charge in [-0.25, -0.2) is 13.9 Å². The van der Waals surface area contributed by atoms with Crippen molar-refractivity contribution in [2.75, 3.05) is 5.32 Å². The van der Waals surface area contributed by atoms with Crippen LogP contribution in [0.5, 0.6) is 0 Å². The van der Waals surface area contributed by atoms with Crippen molar-refractivity contribution in [3.63, 3.8) is 0 Å². The molecule has 2 amide bonds. The fourth-order valence-corrected chi connectivity index (χ4v) is 5.29. The molecule has 1 N–H and O–H groups in total. The topological polar surface area (TPSA) is 55.1 Å². The highest BCUT2D eigenvalue weighted by atomic mass is 19.1. The molecule has 0 saturated heterocycles. The number of para-hydroxylation sites is 2. The van der Waals surface area contributed by atoms with Crippen molar-refractivity contribution in [2.24, 2.45) is 0 Å². The van der Waals surface area contributed by atoms with Crippen LogP contribution in [0, 0.1) is 12.7 Å². The number of rotatable bonds is 4. The predicted molar refractivity (Wildman–Crippen MR) is 146 cm³/mol. The number of aromatic nitrogens is 3. The number of urea groups is 1. The van der Waals surface area contributed by atoms with Gasteiger partial charge in [-0.15, -0.1) is 0 Å². The van der Waals surface area contributed by atoms with Gasteiger partial charge < -0.3 is 14.8 Å². The minimum atomic E-state index is -0.474. The van der Waals surface area contributed by atoms with Crippen molar-refractivity contribution in [1.29, 1.82) is 0 Å². The molecule has 3 aromatic carbocycles. The number of nitrogens with zero attached hydrogens (tertiary/aromatic N) is 4. The number of carbonyl (C=O) groups excluding carboxylic acids is 1. The first kappa shape index (κ1) is 23.7. The summed E-state index contributed by atoms with van der Waals surface area (Å²) in [5.74, 6) is 0.435. The monoisotopic (exact) mass is 505 g/mol. The van der Waals surface area contributed by atoms with E-state index in [0.717, 1.165) is 39.6 Å². The maximum absolute atomic E-state index is 14.6. The average Bonchev–Trinajstić information content (AvgIpc) is 3.51. The lowest BCUT2D eigenvalue weighted by Gasteiger charge is -2.31. The van der Waals surface area contributed by atoms with Gasteiger partial charge in [0.2, 0.25) is 0 Å². The van der Waals surface area contributed by atoms with Crippen LogP contribution in [-0.4, -0.2) is 25.3 Å². The molecule has 6 nitrogen and oxygen atoms in total. The van der Waals surface area contributed by atoms with Gasteiger partial charge in [0.15, 0.2) is 0 Å². The van der Waals surface area contributed by atoms with E-state index in [0.29, 0.717) is 13.0 Å². The third-order valence-corrected chi connectivity index (χ3v) is 7.04. The first-order valence-corrected chi connectivity index (χ1v) is 12.8. The van der Waals surface area contributed by atoms with E-state index in [1.807, 2.05) is 78.5 Å². The molecule has 0 aliphatic carbocycles. The fraction of sp³-hybridized carbons (Fsp3) is 0.161. The minimum Gasteiger partial charge on any atom is -0.307 e. The number of hydrogen-bond acceptors (Lipinski definition) is 2. The molecule has 7 heteroatoms. The van der Waals surface area contributed by atoms with Crippen LogP contribution in [-0.2, 0) is 13.0 Å². The van der Waals surface area contributed by atoms with Gasteiger partial charge in [-0.05, 0) is 55.3 Å². The summed E-state index contributed by atoms with van der Waals surface area (Å²) in [6.07, 6.45) is 2.73. The zero-order valence-corrected chi connectivity index (χ0v) is 21.3. The van der Waals surface area contributed by atoms with E-state index in [4.69, 9.17) is 5.10 Å². The Kier molecular flexibility index (Phi) is 6.04. The summed E-state index contributed by atoms with van der Waals surface area (Å²) < 4.78 is 18.7. The lowest BCUT2D eigenvalue weighted by molar-refractivity contribution is 0.194. The smallest absolute Gasteiger partial charge is 0.307 e. The van der Waals surface area contributed by atoms with Crippen LogP contribution < -0.4 is 5.32 Å². The highest BCUT2D eigenvalue weighted by Crippen LogP contribution is 2.39. The summed E-state index contributed by atoms with van der Waals surface area (Å²) in [6, 6.07) is 27.7. The van der Waals surface area contributed by atoms with Crippen LogP contribution in [0.15, 0.2) is 97.2 Å². The van der Waals surface area contributed by atoms with E-state index in [9.17, 15) is 9.18 Å². The molecule has 0 unspecified atom stereocenters. The van der Waals surface area contributed by atoms with E-state index in [-0.39, 0.29) is 11.7 Å². The number of hydrogen-bond donors (Lipinski definition) is 1. The second kappa shape index (κ2) is 9.67. The van der Waals surface area contributed by atoms with Gasteiger partial charge in [0.25, 0.3) is 0 Å². The van der Waals surface area contributed by atoms with E-state index in [1.165, 1.54) is 6.07 Å². The van der Waals surface area contributed by atoms with Gasteiger partial charge in [-0.3, -0.25) is 0 Å². The Morgan fingerprint density at radius 1 is 1.00 bits per heavy atom. The first-order chi connectivity index (χ1) is 18.5. The van der Waals surface area contributed by atoms with Gasteiger partial charge in [-0.2, -0.15) is 5.10 Å². The van der Waals surface area contributed by atoms with Gasteiger partial charge in [0.1, 0.15) is 11.6 Å². The average molecular weight is 506 g/mol. The first-order valence-electron chi connectivity index (χ1n) is 12.8. The molecule has 0 radical (unpaired) electrons. The third kappa shape index (κ3) is 4.06. The van der Waals surface area contributed by atoms with Crippen molar-refractivity contribution in [1.82, 2.24) is 19.2 Å². The Labute approximate surface area is 221 Å². The lowest BCUT2D eigenvalue weighted by atomic mass is 10.00. The summed E-state index contributed by atoms with van der Waals surface area (Å²) in [7, 11) is 0. The highest BCUT2D eigenvalue weighted by molar-refractivity contribution is 5.90. The number of anilines is 1. The lowest BCUT2D eigenvalue weighted by Crippen LogP contribution is -2.38. The van der Waals surface area contributed by atoms with Crippen LogP contribution in [0.1, 0.15) is 41.0 Å². The number of carbonyl (C=O) groups is 1. The number of aryl methyl sites for hydroxylation is 2. The summed E-state index contributed by atoms with van der Waals surface area (Å²) in [5.41, 5.74) is 5.98. The molecule has 1 aliphatic rings. The number of nitrogens with one attached hydrogen (secondary N) is 1. The summed E-state index contributed by atoms with van der Waals surface area (Å²) in [4.78, 5) is 15.8. The van der Waals surface area contributed by atoms with Gasteiger partial charge in [0.05, 0.1) is 35.3 Å².